The number of nitrogens with zero attached hydrogens (tertiary/aromatic N) is 2. The summed E-state index contributed by atoms with van der Waals surface area (Å²) in [4.78, 5) is 0. The summed E-state index contributed by atoms with van der Waals surface area (Å²) in [6.45, 7) is 2.11. The summed E-state index contributed by atoms with van der Waals surface area (Å²) >= 11 is 1.94. The molecular weight excluding hydrogens is 170 g/mol. The Kier molecular flexibility index (Phi) is 2.58. The molecule has 1 unspecified atom stereocenters. The first kappa shape index (κ1) is 8.01. The van der Waals surface area contributed by atoms with Gasteiger partial charge in [-0.3, -0.25) is 0 Å². The summed E-state index contributed by atoms with van der Waals surface area (Å²) in [6, 6.07) is 3.80. The van der Waals surface area contributed by atoms with E-state index in [4.69, 9.17) is 0 Å². The summed E-state index contributed by atoms with van der Waals surface area (Å²) in [5.74, 6) is 1.16. The molecule has 0 saturated carbocycles. The molecule has 1 saturated heterocycles. The Labute approximate surface area is 76.0 Å². The quantitative estimate of drug-likeness (QED) is 0.688. The third kappa shape index (κ3) is 1.76. The second-order valence-corrected chi connectivity index (χ2v) is 3.96. The molecule has 4 heteroatoms. The first-order valence-electron chi connectivity index (χ1n) is 3.99. The largest absolute Gasteiger partial charge is 0.314 e. The zero-order chi connectivity index (χ0) is 8.23. The van der Waals surface area contributed by atoms with Crippen LogP contribution in [0.1, 0.15) is 10.9 Å². The van der Waals surface area contributed by atoms with E-state index in [0.717, 1.165) is 24.5 Å². The molecule has 2 heterocycles. The topological polar surface area (TPSA) is 37.8 Å². The van der Waals surface area contributed by atoms with Gasteiger partial charge in [0.1, 0.15) is 6.20 Å². The number of thioether (sulfide) groups is 1. The Morgan fingerprint density at radius 1 is 1.67 bits per heavy atom. The van der Waals surface area contributed by atoms with Gasteiger partial charge < -0.3 is 5.32 Å². The molecule has 0 amide bonds. The molecule has 1 fully saturated rings. The third-order valence-corrected chi connectivity index (χ3v) is 3.06. The number of rotatable bonds is 1. The molecule has 0 bridgehead atoms. The van der Waals surface area contributed by atoms with Gasteiger partial charge in [-0.25, -0.2) is 0 Å². The van der Waals surface area contributed by atoms with E-state index in [1.54, 1.807) is 0 Å². The molecule has 1 atom stereocenters. The first-order chi connectivity index (χ1) is 5.97. The molecule has 1 aromatic rings. The predicted molar refractivity (Wildman–Crippen MR) is 48.9 cm³/mol. The number of nitrogens with one attached hydrogen (secondary N) is 1. The maximum atomic E-state index is 4.04. The second kappa shape index (κ2) is 3.87. The molecule has 1 radical (unpaired) electrons. The maximum absolute atomic E-state index is 4.04. The molecule has 3 nitrogen and oxygen atoms in total. The van der Waals surface area contributed by atoms with Crippen molar-refractivity contribution >= 4 is 11.8 Å². The average Bonchev–Trinajstić information content (AvgIpc) is 2.21. The van der Waals surface area contributed by atoms with Gasteiger partial charge in [0.15, 0.2) is 0 Å². The van der Waals surface area contributed by atoms with Crippen LogP contribution in [0.3, 0.4) is 0 Å². The predicted octanol–water partition coefficient (Wildman–Crippen LogP) is 0.654. The van der Waals surface area contributed by atoms with Crippen LogP contribution in [0.4, 0.5) is 0 Å². The number of hydrogen-bond acceptors (Lipinski definition) is 4. The molecule has 0 spiro atoms. The van der Waals surface area contributed by atoms with Crippen LogP contribution in [-0.2, 0) is 0 Å². The van der Waals surface area contributed by atoms with Crippen molar-refractivity contribution in [2.75, 3.05) is 18.8 Å². The SMILES string of the molecule is [c]1ccc(C2CNCCS2)nn1. The summed E-state index contributed by atoms with van der Waals surface area (Å²) in [7, 11) is 0. The molecule has 12 heavy (non-hydrogen) atoms. The standard InChI is InChI=1S/C8H10N3S/c1-2-7(11-10-3-1)8-6-9-4-5-12-8/h1-2,8-9H,4-6H2. The number of aromatic nitrogens is 2. The van der Waals surface area contributed by atoms with E-state index in [1.165, 1.54) is 0 Å². The van der Waals surface area contributed by atoms with Crippen LogP contribution in [-0.4, -0.2) is 29.0 Å². The van der Waals surface area contributed by atoms with Crippen LogP contribution in [0.15, 0.2) is 12.1 Å². The van der Waals surface area contributed by atoms with E-state index >= 15 is 0 Å². The van der Waals surface area contributed by atoms with Crippen LogP contribution in [0.25, 0.3) is 0 Å². The van der Waals surface area contributed by atoms with Gasteiger partial charge in [-0.2, -0.15) is 5.10 Å². The van der Waals surface area contributed by atoms with Gasteiger partial charge in [0.25, 0.3) is 0 Å². The van der Waals surface area contributed by atoms with Crippen molar-refractivity contribution in [1.82, 2.24) is 15.5 Å². The summed E-state index contributed by atoms with van der Waals surface area (Å²) in [5.41, 5.74) is 1.06. The smallest absolute Gasteiger partial charge is 0.113 e. The highest BCUT2D eigenvalue weighted by molar-refractivity contribution is 7.99. The van der Waals surface area contributed by atoms with E-state index < -0.39 is 0 Å². The number of hydrogen-bond donors (Lipinski definition) is 1. The molecule has 1 N–H and O–H groups in total. The van der Waals surface area contributed by atoms with Gasteiger partial charge in [-0.1, -0.05) is 0 Å². The van der Waals surface area contributed by atoms with Gasteiger partial charge in [-0.15, -0.1) is 16.9 Å². The zero-order valence-corrected chi connectivity index (χ0v) is 7.47. The Morgan fingerprint density at radius 3 is 3.33 bits per heavy atom. The van der Waals surface area contributed by atoms with Crippen LogP contribution in [0.5, 0.6) is 0 Å². The van der Waals surface area contributed by atoms with Crippen LogP contribution in [0.2, 0.25) is 0 Å². The highest BCUT2D eigenvalue weighted by atomic mass is 32.2. The lowest BCUT2D eigenvalue weighted by Gasteiger charge is -2.20. The van der Waals surface area contributed by atoms with E-state index in [9.17, 15) is 0 Å². The highest BCUT2D eigenvalue weighted by Gasteiger charge is 2.16. The van der Waals surface area contributed by atoms with Crippen LogP contribution >= 0.6 is 11.8 Å². The Morgan fingerprint density at radius 2 is 2.67 bits per heavy atom. The zero-order valence-electron chi connectivity index (χ0n) is 6.66. The van der Waals surface area contributed by atoms with Gasteiger partial charge in [0.05, 0.1) is 10.9 Å². The van der Waals surface area contributed by atoms with E-state index in [2.05, 4.69) is 21.7 Å². The summed E-state index contributed by atoms with van der Waals surface area (Å²) in [5, 5.41) is 11.6. The molecule has 2 rings (SSSR count). The van der Waals surface area contributed by atoms with Crippen molar-refractivity contribution in [1.29, 1.82) is 0 Å². The second-order valence-electron chi connectivity index (χ2n) is 2.65. The van der Waals surface area contributed by atoms with Crippen LogP contribution < -0.4 is 5.32 Å². The molecule has 0 aromatic carbocycles. The van der Waals surface area contributed by atoms with Crippen molar-refractivity contribution in [3.05, 3.63) is 24.0 Å². The van der Waals surface area contributed by atoms with Crippen molar-refractivity contribution in [3.8, 4) is 0 Å². The molecule has 63 valence electrons. The fourth-order valence-corrected chi connectivity index (χ4v) is 2.28. The monoisotopic (exact) mass is 180 g/mol. The minimum Gasteiger partial charge on any atom is -0.314 e. The minimum absolute atomic E-state index is 0.473. The van der Waals surface area contributed by atoms with E-state index in [0.29, 0.717) is 5.25 Å². The lowest BCUT2D eigenvalue weighted by Crippen LogP contribution is -2.28. The highest BCUT2D eigenvalue weighted by Crippen LogP contribution is 2.27. The van der Waals surface area contributed by atoms with Gasteiger partial charge in [-0.05, 0) is 12.1 Å². The molecule has 1 aliphatic heterocycles. The van der Waals surface area contributed by atoms with Gasteiger partial charge >= 0.3 is 0 Å². The lowest BCUT2D eigenvalue weighted by atomic mass is 10.3. The van der Waals surface area contributed by atoms with Gasteiger partial charge in [0.2, 0.25) is 0 Å². The van der Waals surface area contributed by atoms with Crippen molar-refractivity contribution in [2.45, 2.75) is 5.25 Å². The summed E-state index contributed by atoms with van der Waals surface area (Å²) in [6.07, 6.45) is 2.68. The van der Waals surface area contributed by atoms with Crippen LogP contribution in [0, 0.1) is 6.20 Å². The normalized spacial score (nSPS) is 23.8. The average molecular weight is 180 g/mol. The fourth-order valence-electron chi connectivity index (χ4n) is 1.20. The first-order valence-corrected chi connectivity index (χ1v) is 5.04. The lowest BCUT2D eigenvalue weighted by molar-refractivity contribution is 0.673. The van der Waals surface area contributed by atoms with Crippen molar-refractivity contribution in [2.24, 2.45) is 0 Å². The summed E-state index contributed by atoms with van der Waals surface area (Å²) < 4.78 is 0. The van der Waals surface area contributed by atoms with Crippen molar-refractivity contribution in [3.63, 3.8) is 0 Å². The Hall–Kier alpha value is -0.610. The maximum Gasteiger partial charge on any atom is 0.113 e. The fraction of sp³-hybridized carbons (Fsp3) is 0.500. The Bertz CT molecular complexity index is 233. The Balaban J connectivity index is 2.08. The molecule has 1 aromatic heterocycles. The molecular formula is C8H10N3S. The van der Waals surface area contributed by atoms with Crippen molar-refractivity contribution < 1.29 is 0 Å². The van der Waals surface area contributed by atoms with Gasteiger partial charge in [0, 0.05) is 18.8 Å². The molecule has 0 aliphatic carbocycles. The third-order valence-electron chi connectivity index (χ3n) is 1.81. The van der Waals surface area contributed by atoms with E-state index in [-0.39, 0.29) is 0 Å². The molecule has 1 aliphatic rings. The minimum atomic E-state index is 0.473. The van der Waals surface area contributed by atoms with E-state index in [1.807, 2.05) is 23.9 Å².